The number of hydrogen-bond acceptors (Lipinski definition) is 3. The van der Waals surface area contributed by atoms with Crippen LogP contribution in [0.25, 0.3) is 0 Å². The second-order valence-electron chi connectivity index (χ2n) is 4.19. The van der Waals surface area contributed by atoms with E-state index in [1.54, 1.807) is 0 Å². The minimum absolute atomic E-state index is 0.567. The fourth-order valence-corrected chi connectivity index (χ4v) is 2.25. The summed E-state index contributed by atoms with van der Waals surface area (Å²) in [4.78, 5) is 4.49. The van der Waals surface area contributed by atoms with E-state index in [1.165, 1.54) is 19.3 Å². The van der Waals surface area contributed by atoms with Crippen LogP contribution >= 0.6 is 0 Å². The van der Waals surface area contributed by atoms with Crippen LogP contribution in [0.4, 0.5) is 0 Å². The Morgan fingerprint density at radius 1 is 1.50 bits per heavy atom. The number of nitrogens with zero attached hydrogens (tertiary/aromatic N) is 2. The molecule has 0 radical (unpaired) electrons. The fourth-order valence-electron chi connectivity index (χ4n) is 2.25. The number of H-pyrrole nitrogens is 1. The van der Waals surface area contributed by atoms with E-state index < -0.39 is 0 Å². The first kappa shape index (κ1) is 9.65. The van der Waals surface area contributed by atoms with Gasteiger partial charge in [-0.2, -0.15) is 5.10 Å². The molecule has 78 valence electrons. The molecular weight excluding hydrogens is 176 g/mol. The van der Waals surface area contributed by atoms with Gasteiger partial charge in [0, 0.05) is 12.3 Å². The zero-order valence-corrected chi connectivity index (χ0v) is 8.66. The zero-order valence-electron chi connectivity index (χ0n) is 8.66. The van der Waals surface area contributed by atoms with Gasteiger partial charge in [0.05, 0.1) is 0 Å². The maximum absolute atomic E-state index is 5.46. The van der Waals surface area contributed by atoms with Gasteiger partial charge in [0.1, 0.15) is 5.82 Å². The van der Waals surface area contributed by atoms with Crippen LogP contribution in [-0.2, 0) is 6.42 Å². The highest BCUT2D eigenvalue weighted by atomic mass is 15.2. The molecule has 1 fully saturated rings. The Hall–Kier alpha value is -0.900. The molecule has 0 spiro atoms. The fraction of sp³-hybridized carbons (Fsp3) is 0.800. The molecular formula is C10H18N4. The number of aromatic nitrogens is 3. The molecule has 0 saturated heterocycles. The van der Waals surface area contributed by atoms with Gasteiger partial charge in [-0.05, 0) is 25.3 Å². The molecule has 2 atom stereocenters. The second kappa shape index (κ2) is 4.09. The molecule has 1 saturated carbocycles. The van der Waals surface area contributed by atoms with Crippen LogP contribution in [0.2, 0.25) is 0 Å². The number of nitrogens with one attached hydrogen (secondary N) is 1. The van der Waals surface area contributed by atoms with E-state index in [1.807, 2.05) is 0 Å². The van der Waals surface area contributed by atoms with Crippen molar-refractivity contribution >= 4 is 0 Å². The molecule has 2 unspecified atom stereocenters. The van der Waals surface area contributed by atoms with E-state index in [0.717, 1.165) is 24.0 Å². The lowest BCUT2D eigenvalue weighted by Crippen LogP contribution is -2.06. The number of hydrogen-bond donors (Lipinski definition) is 2. The number of aromatic amines is 1. The molecule has 3 N–H and O–H groups in total. The van der Waals surface area contributed by atoms with Crippen molar-refractivity contribution in [1.29, 1.82) is 0 Å². The molecule has 2 rings (SSSR count). The number of rotatable bonds is 3. The van der Waals surface area contributed by atoms with Gasteiger partial charge in [-0.25, -0.2) is 4.98 Å². The summed E-state index contributed by atoms with van der Waals surface area (Å²) in [5.41, 5.74) is 5.46. The van der Waals surface area contributed by atoms with Crippen LogP contribution < -0.4 is 5.73 Å². The van der Waals surface area contributed by atoms with Gasteiger partial charge in [-0.1, -0.05) is 13.3 Å². The minimum Gasteiger partial charge on any atom is -0.330 e. The Kier molecular flexibility index (Phi) is 2.82. The van der Waals surface area contributed by atoms with E-state index in [2.05, 4.69) is 22.1 Å². The van der Waals surface area contributed by atoms with Gasteiger partial charge in [-0.15, -0.1) is 0 Å². The van der Waals surface area contributed by atoms with E-state index in [0.29, 0.717) is 12.5 Å². The molecule has 0 amide bonds. The Bertz CT molecular complexity index is 294. The molecule has 1 aliphatic rings. The van der Waals surface area contributed by atoms with Crippen molar-refractivity contribution in [2.45, 2.75) is 38.5 Å². The van der Waals surface area contributed by atoms with Crippen LogP contribution in [0, 0.1) is 5.92 Å². The van der Waals surface area contributed by atoms with Crippen molar-refractivity contribution in [2.75, 3.05) is 6.54 Å². The first-order valence-corrected chi connectivity index (χ1v) is 5.42. The summed E-state index contributed by atoms with van der Waals surface area (Å²) < 4.78 is 0. The normalized spacial score (nSPS) is 27.0. The number of nitrogens with two attached hydrogens (primary N) is 1. The van der Waals surface area contributed by atoms with Crippen molar-refractivity contribution in [3.05, 3.63) is 11.6 Å². The molecule has 0 bridgehead atoms. The van der Waals surface area contributed by atoms with Crippen molar-refractivity contribution in [3.8, 4) is 0 Å². The van der Waals surface area contributed by atoms with Gasteiger partial charge in [-0.3, -0.25) is 5.10 Å². The first-order valence-electron chi connectivity index (χ1n) is 5.42. The topological polar surface area (TPSA) is 67.6 Å². The third-order valence-electron chi connectivity index (χ3n) is 3.12. The average molecular weight is 194 g/mol. The maximum atomic E-state index is 5.46. The monoisotopic (exact) mass is 194 g/mol. The van der Waals surface area contributed by atoms with Gasteiger partial charge >= 0.3 is 0 Å². The zero-order chi connectivity index (χ0) is 9.97. The summed E-state index contributed by atoms with van der Waals surface area (Å²) in [6.45, 7) is 2.92. The summed E-state index contributed by atoms with van der Waals surface area (Å²) in [5, 5.41) is 7.24. The summed E-state index contributed by atoms with van der Waals surface area (Å²) in [5.74, 6) is 3.23. The van der Waals surface area contributed by atoms with E-state index in [-0.39, 0.29) is 0 Å². The Morgan fingerprint density at radius 3 is 3.00 bits per heavy atom. The summed E-state index contributed by atoms with van der Waals surface area (Å²) in [6, 6.07) is 0. The van der Waals surface area contributed by atoms with Crippen molar-refractivity contribution in [1.82, 2.24) is 15.2 Å². The molecule has 1 aromatic rings. The van der Waals surface area contributed by atoms with Gasteiger partial charge in [0.25, 0.3) is 0 Å². The van der Waals surface area contributed by atoms with Gasteiger partial charge in [0.2, 0.25) is 0 Å². The lowest BCUT2D eigenvalue weighted by Gasteiger charge is -2.09. The lowest BCUT2D eigenvalue weighted by molar-refractivity contribution is 0.511. The second-order valence-corrected chi connectivity index (χ2v) is 4.19. The summed E-state index contributed by atoms with van der Waals surface area (Å²) in [7, 11) is 0. The van der Waals surface area contributed by atoms with E-state index >= 15 is 0 Å². The summed E-state index contributed by atoms with van der Waals surface area (Å²) >= 11 is 0. The standard InChI is InChI=1S/C10H18N4/c1-7-3-2-4-8(7)10-12-9(5-6-11)13-14-10/h7-8H,2-6,11H2,1H3,(H,12,13,14). The first-order chi connectivity index (χ1) is 6.81. The lowest BCUT2D eigenvalue weighted by atomic mass is 9.98. The molecule has 1 aliphatic carbocycles. The van der Waals surface area contributed by atoms with Crippen LogP contribution in [0.15, 0.2) is 0 Å². The Labute approximate surface area is 84.3 Å². The molecule has 1 aromatic heterocycles. The SMILES string of the molecule is CC1CCCC1c1n[nH]c(CCN)n1. The van der Waals surface area contributed by atoms with Gasteiger partial charge < -0.3 is 5.73 Å². The van der Waals surface area contributed by atoms with Crippen LogP contribution in [0.5, 0.6) is 0 Å². The predicted octanol–water partition coefficient (Wildman–Crippen LogP) is 1.21. The predicted molar refractivity (Wildman–Crippen MR) is 54.9 cm³/mol. The average Bonchev–Trinajstić information content (AvgIpc) is 2.74. The Morgan fingerprint density at radius 2 is 2.36 bits per heavy atom. The van der Waals surface area contributed by atoms with Crippen molar-refractivity contribution in [2.24, 2.45) is 11.7 Å². The molecule has 0 aromatic carbocycles. The van der Waals surface area contributed by atoms with Crippen molar-refractivity contribution < 1.29 is 0 Å². The molecule has 4 nitrogen and oxygen atoms in total. The van der Waals surface area contributed by atoms with Crippen molar-refractivity contribution in [3.63, 3.8) is 0 Å². The quantitative estimate of drug-likeness (QED) is 0.760. The molecule has 0 aliphatic heterocycles. The van der Waals surface area contributed by atoms with E-state index in [9.17, 15) is 0 Å². The smallest absolute Gasteiger partial charge is 0.154 e. The highest BCUT2D eigenvalue weighted by Crippen LogP contribution is 2.37. The highest BCUT2D eigenvalue weighted by molar-refractivity contribution is 5.02. The van der Waals surface area contributed by atoms with Gasteiger partial charge in [0.15, 0.2) is 5.82 Å². The van der Waals surface area contributed by atoms with Crippen LogP contribution in [0.3, 0.4) is 0 Å². The van der Waals surface area contributed by atoms with Crippen LogP contribution in [-0.4, -0.2) is 21.7 Å². The molecule has 4 heteroatoms. The summed E-state index contributed by atoms with van der Waals surface area (Å²) in [6.07, 6.45) is 4.66. The Balaban J connectivity index is 2.08. The maximum Gasteiger partial charge on any atom is 0.154 e. The highest BCUT2D eigenvalue weighted by Gasteiger charge is 2.27. The van der Waals surface area contributed by atoms with Crippen LogP contribution in [0.1, 0.15) is 43.8 Å². The largest absolute Gasteiger partial charge is 0.330 e. The molecule has 1 heterocycles. The minimum atomic E-state index is 0.567. The van der Waals surface area contributed by atoms with E-state index in [4.69, 9.17) is 5.73 Å². The third kappa shape index (κ3) is 1.80. The molecule has 14 heavy (non-hydrogen) atoms. The third-order valence-corrected chi connectivity index (χ3v) is 3.12.